The van der Waals surface area contributed by atoms with Gasteiger partial charge in [-0.3, -0.25) is 4.98 Å². The van der Waals surface area contributed by atoms with Crippen molar-refractivity contribution < 1.29 is 0 Å². The maximum absolute atomic E-state index is 8.67. The van der Waals surface area contributed by atoms with E-state index in [-0.39, 0.29) is 0 Å². The highest BCUT2D eigenvalue weighted by Crippen LogP contribution is 2.41. The Labute approximate surface area is 288 Å². The number of benzene rings is 6. The van der Waals surface area contributed by atoms with Crippen LogP contribution in [-0.4, -0.2) is 21.4 Å². The smallest absolute Gasteiger partial charge is 0.126 e. The minimum atomic E-state index is 0.364. The van der Waals surface area contributed by atoms with Crippen LogP contribution in [0, 0.1) is 10.8 Å². The number of aromatic nitrogens is 2. The molecule has 49 heavy (non-hydrogen) atoms. The molecule has 0 aliphatic carbocycles. The number of allylic oxidation sites excluding steroid dienone is 2. The molecular formula is C44H30N4S. The highest BCUT2D eigenvalue weighted by Gasteiger charge is 2.16. The molecule has 0 aliphatic rings. The maximum Gasteiger partial charge on any atom is 0.126 e. The van der Waals surface area contributed by atoms with Gasteiger partial charge >= 0.3 is 0 Å². The van der Waals surface area contributed by atoms with E-state index in [2.05, 4.69) is 102 Å². The lowest BCUT2D eigenvalue weighted by atomic mass is 9.88. The zero-order chi connectivity index (χ0) is 33.2. The van der Waals surface area contributed by atoms with Crippen LogP contribution in [0.2, 0.25) is 0 Å². The molecule has 8 aromatic rings. The zero-order valence-corrected chi connectivity index (χ0v) is 27.3. The second-order valence-corrected chi connectivity index (χ2v) is 12.8. The number of rotatable bonds is 8. The topological polar surface area (TPSA) is 73.5 Å². The number of thiazole rings is 1. The molecule has 2 aromatic heterocycles. The van der Waals surface area contributed by atoms with E-state index >= 15 is 0 Å². The Morgan fingerprint density at radius 1 is 0.551 bits per heavy atom. The van der Waals surface area contributed by atoms with Gasteiger partial charge in [-0.2, -0.15) is 0 Å². The predicted octanol–water partition coefficient (Wildman–Crippen LogP) is 11.5. The highest BCUT2D eigenvalue weighted by molar-refractivity contribution is 7.22. The van der Waals surface area contributed by atoms with Crippen LogP contribution < -0.4 is 0 Å². The first-order valence-corrected chi connectivity index (χ1v) is 16.9. The third kappa shape index (κ3) is 6.00. The molecule has 0 atom stereocenters. The van der Waals surface area contributed by atoms with E-state index in [1.165, 1.54) is 16.3 Å². The Hall–Kier alpha value is -6.30. The van der Waals surface area contributed by atoms with Crippen LogP contribution in [0.25, 0.3) is 64.9 Å². The fraction of sp³-hybridized carbons (Fsp3) is 0. The van der Waals surface area contributed by atoms with E-state index in [4.69, 9.17) is 15.8 Å². The minimum Gasteiger partial charge on any atom is -0.300 e. The molecular weight excluding hydrogens is 617 g/mol. The van der Waals surface area contributed by atoms with Crippen molar-refractivity contribution >= 4 is 43.7 Å². The van der Waals surface area contributed by atoms with Gasteiger partial charge in [0, 0.05) is 23.5 Å². The van der Waals surface area contributed by atoms with Gasteiger partial charge in [-0.15, -0.1) is 11.3 Å². The van der Waals surface area contributed by atoms with Crippen molar-refractivity contribution in [2.24, 2.45) is 0 Å². The Morgan fingerprint density at radius 2 is 1.27 bits per heavy atom. The molecule has 0 saturated carbocycles. The minimum absolute atomic E-state index is 0.364. The molecule has 5 heteroatoms. The first-order valence-electron chi connectivity index (χ1n) is 16.1. The Kier molecular flexibility index (Phi) is 8.02. The van der Waals surface area contributed by atoms with Gasteiger partial charge in [-0.1, -0.05) is 121 Å². The van der Waals surface area contributed by atoms with Crippen molar-refractivity contribution in [3.63, 3.8) is 0 Å². The van der Waals surface area contributed by atoms with Gasteiger partial charge in [0.15, 0.2) is 0 Å². The maximum atomic E-state index is 8.67. The average Bonchev–Trinajstić information content (AvgIpc) is 3.62. The summed E-state index contributed by atoms with van der Waals surface area (Å²) in [5.41, 5.74) is 11.2. The molecule has 0 saturated heterocycles. The van der Waals surface area contributed by atoms with Crippen LogP contribution in [0.4, 0.5) is 0 Å². The zero-order valence-electron chi connectivity index (χ0n) is 26.5. The monoisotopic (exact) mass is 646 g/mol. The summed E-state index contributed by atoms with van der Waals surface area (Å²) in [6.45, 7) is 0. The van der Waals surface area contributed by atoms with Crippen LogP contribution in [0.1, 0.15) is 11.1 Å². The largest absolute Gasteiger partial charge is 0.300 e. The van der Waals surface area contributed by atoms with Gasteiger partial charge in [0.25, 0.3) is 0 Å². The normalized spacial score (nSPS) is 11.3. The molecule has 8 rings (SSSR count). The van der Waals surface area contributed by atoms with Crippen molar-refractivity contribution in [1.82, 2.24) is 9.97 Å². The van der Waals surface area contributed by atoms with E-state index in [0.29, 0.717) is 11.4 Å². The third-order valence-corrected chi connectivity index (χ3v) is 9.88. The summed E-state index contributed by atoms with van der Waals surface area (Å²) < 4.78 is 1.16. The number of pyridine rings is 1. The summed E-state index contributed by atoms with van der Waals surface area (Å²) in [7, 11) is 0. The van der Waals surface area contributed by atoms with Crippen molar-refractivity contribution in [2.75, 3.05) is 0 Å². The molecule has 0 bridgehead atoms. The first-order chi connectivity index (χ1) is 24.1. The van der Waals surface area contributed by atoms with Crippen molar-refractivity contribution in [3.05, 3.63) is 181 Å². The van der Waals surface area contributed by atoms with Gasteiger partial charge in [0.05, 0.1) is 21.6 Å². The van der Waals surface area contributed by atoms with Gasteiger partial charge in [0.2, 0.25) is 0 Å². The molecule has 0 aliphatic heterocycles. The summed E-state index contributed by atoms with van der Waals surface area (Å²) >= 11 is 1.70. The summed E-state index contributed by atoms with van der Waals surface area (Å²) in [5, 5.41) is 20.4. The van der Waals surface area contributed by atoms with E-state index in [1.54, 1.807) is 29.7 Å². The van der Waals surface area contributed by atoms with E-state index in [9.17, 15) is 0 Å². The molecule has 6 aromatic carbocycles. The van der Waals surface area contributed by atoms with Crippen LogP contribution in [0.5, 0.6) is 0 Å². The van der Waals surface area contributed by atoms with Crippen molar-refractivity contribution in [1.29, 1.82) is 10.8 Å². The van der Waals surface area contributed by atoms with Crippen LogP contribution >= 0.6 is 11.3 Å². The number of hydrogen-bond donors (Lipinski definition) is 2. The predicted molar refractivity (Wildman–Crippen MR) is 206 cm³/mol. The molecule has 2 N–H and O–H groups in total. The second-order valence-electron chi connectivity index (χ2n) is 11.8. The van der Waals surface area contributed by atoms with Crippen LogP contribution in [-0.2, 0) is 0 Å². The average molecular weight is 647 g/mol. The van der Waals surface area contributed by atoms with E-state index in [1.807, 2.05) is 54.7 Å². The van der Waals surface area contributed by atoms with Crippen LogP contribution in [0.15, 0.2) is 170 Å². The van der Waals surface area contributed by atoms with Gasteiger partial charge < -0.3 is 10.8 Å². The number of hydrogen-bond acceptors (Lipinski definition) is 5. The Bertz CT molecular complexity index is 2510. The fourth-order valence-electron chi connectivity index (χ4n) is 6.26. The molecule has 0 spiro atoms. The molecule has 232 valence electrons. The molecule has 0 amide bonds. The SMILES string of the molecule is N=C(/C=C\C(=N)c1ccc(-c2ccc3ccccc3c2-c2cccc(-c3cccc4nc(-c5cccnc5)sc34)c2)cc1)c1ccccc1. The highest BCUT2D eigenvalue weighted by atomic mass is 32.1. The fourth-order valence-corrected chi connectivity index (χ4v) is 7.35. The van der Waals surface area contributed by atoms with Gasteiger partial charge in [-0.05, 0) is 86.1 Å². The lowest BCUT2D eigenvalue weighted by Gasteiger charge is -2.16. The number of nitrogens with one attached hydrogen (secondary N) is 2. The quantitative estimate of drug-likeness (QED) is 0.161. The number of nitrogens with zero attached hydrogens (tertiary/aromatic N) is 2. The molecule has 2 heterocycles. The lowest BCUT2D eigenvalue weighted by Crippen LogP contribution is -1.98. The molecule has 0 fully saturated rings. The van der Waals surface area contributed by atoms with E-state index in [0.717, 1.165) is 59.7 Å². The molecule has 0 unspecified atom stereocenters. The third-order valence-electron chi connectivity index (χ3n) is 8.72. The van der Waals surface area contributed by atoms with Crippen LogP contribution in [0.3, 0.4) is 0 Å². The summed E-state index contributed by atoms with van der Waals surface area (Å²) in [6, 6.07) is 49.8. The lowest BCUT2D eigenvalue weighted by molar-refractivity contribution is 1.32. The summed E-state index contributed by atoms with van der Waals surface area (Å²) in [6.07, 6.45) is 7.03. The Balaban J connectivity index is 1.17. The summed E-state index contributed by atoms with van der Waals surface area (Å²) in [4.78, 5) is 9.25. The Morgan fingerprint density at radius 3 is 2.06 bits per heavy atom. The second kappa shape index (κ2) is 13.1. The van der Waals surface area contributed by atoms with Gasteiger partial charge in [0.1, 0.15) is 5.01 Å². The number of fused-ring (bicyclic) bond motifs is 2. The first kappa shape index (κ1) is 30.1. The standard InChI is InChI=1S/C44H30N4S/c45-39(31-10-2-1-3-11-31)24-25-40(46)32-20-18-30(19-21-32)37-23-22-29-9-4-5-15-36(29)42(37)34-13-6-12-33(27-34)38-16-7-17-41-43(38)49-44(48-41)35-14-8-26-47-28-35/h1-28,45-46H/b25-24-,45-39?,46-40?. The van der Waals surface area contributed by atoms with E-state index < -0.39 is 0 Å². The van der Waals surface area contributed by atoms with Crippen molar-refractivity contribution in [2.45, 2.75) is 0 Å². The van der Waals surface area contributed by atoms with Gasteiger partial charge in [-0.25, -0.2) is 4.98 Å². The molecule has 0 radical (unpaired) electrons. The van der Waals surface area contributed by atoms with Crippen molar-refractivity contribution in [3.8, 4) is 44.0 Å². The molecule has 4 nitrogen and oxygen atoms in total. The summed E-state index contributed by atoms with van der Waals surface area (Å²) in [5.74, 6) is 0.